The lowest BCUT2D eigenvalue weighted by Crippen LogP contribution is -2.30. The summed E-state index contributed by atoms with van der Waals surface area (Å²) in [4.78, 5) is 23.0. The quantitative estimate of drug-likeness (QED) is 0.279. The molecule has 0 rings (SSSR count). The normalized spacial score (nSPS) is 11.2. The molecule has 8 heteroatoms. The van der Waals surface area contributed by atoms with Gasteiger partial charge in [-0.05, 0) is 18.9 Å². The second-order valence-electron chi connectivity index (χ2n) is 7.35. The molecule has 0 spiro atoms. The summed E-state index contributed by atoms with van der Waals surface area (Å²) < 4.78 is 16.1. The molecule has 0 bridgehead atoms. The van der Waals surface area contributed by atoms with Crippen molar-refractivity contribution in [3.63, 3.8) is 0 Å². The molecule has 0 aromatic carbocycles. The highest BCUT2D eigenvalue weighted by Gasteiger charge is 2.03. The zero-order chi connectivity index (χ0) is 21.0. The lowest BCUT2D eigenvalue weighted by Gasteiger charge is -2.09. The Kier molecular flexibility index (Phi) is 18.3. The predicted molar refractivity (Wildman–Crippen MR) is 110 cm³/mol. The Balaban J connectivity index is 3.23. The van der Waals surface area contributed by atoms with Gasteiger partial charge in [0.1, 0.15) is 0 Å². The van der Waals surface area contributed by atoms with Crippen molar-refractivity contribution in [1.29, 1.82) is 0 Å². The summed E-state index contributed by atoms with van der Waals surface area (Å²) in [5.74, 6) is 0.436. The molecule has 8 nitrogen and oxygen atoms in total. The van der Waals surface area contributed by atoms with Crippen LogP contribution in [0.4, 0.5) is 0 Å². The number of nitrogens with one attached hydrogen (secondary N) is 3. The molecule has 28 heavy (non-hydrogen) atoms. The zero-order valence-electron chi connectivity index (χ0n) is 18.2. The molecule has 0 aliphatic carbocycles. The topological polar surface area (TPSA) is 97.9 Å². The van der Waals surface area contributed by atoms with Crippen molar-refractivity contribution < 1.29 is 23.8 Å². The van der Waals surface area contributed by atoms with Gasteiger partial charge in [0.05, 0.1) is 39.6 Å². The van der Waals surface area contributed by atoms with Gasteiger partial charge >= 0.3 is 0 Å². The summed E-state index contributed by atoms with van der Waals surface area (Å²) in [6.07, 6.45) is 1.83. The highest BCUT2D eigenvalue weighted by Crippen LogP contribution is 1.97. The minimum absolute atomic E-state index is 0.0133. The minimum atomic E-state index is 0.0133. The molecular weight excluding hydrogens is 362 g/mol. The number of carbonyl (C=O) groups excluding carboxylic acids is 2. The zero-order valence-corrected chi connectivity index (χ0v) is 18.2. The van der Waals surface area contributed by atoms with E-state index < -0.39 is 0 Å². The Labute approximate surface area is 170 Å². The van der Waals surface area contributed by atoms with Crippen molar-refractivity contribution in [2.75, 3.05) is 59.3 Å². The standard InChI is InChI=1S/C20H41N3O5/c1-17(2)16-20(25)23-9-11-27-13-15-28-14-12-26-10-6-19(24)22-8-5-7-21-18(3)4/h17-18,21H,5-16H2,1-4H3,(H,22,24)(H,23,25). The highest BCUT2D eigenvalue weighted by atomic mass is 16.5. The maximum Gasteiger partial charge on any atom is 0.222 e. The Morgan fingerprint density at radius 2 is 1.29 bits per heavy atom. The summed E-state index contributed by atoms with van der Waals surface area (Å²) in [6.45, 7) is 13.1. The number of rotatable bonds is 19. The Hall–Kier alpha value is -1.22. The van der Waals surface area contributed by atoms with Gasteiger partial charge in [0.15, 0.2) is 0 Å². The highest BCUT2D eigenvalue weighted by molar-refractivity contribution is 5.76. The average Bonchev–Trinajstić information content (AvgIpc) is 2.61. The molecule has 166 valence electrons. The third kappa shape index (κ3) is 21.1. The van der Waals surface area contributed by atoms with Crippen LogP contribution in [0, 0.1) is 5.92 Å². The van der Waals surface area contributed by atoms with Crippen LogP contribution in [0.3, 0.4) is 0 Å². The van der Waals surface area contributed by atoms with Gasteiger partial charge in [-0.15, -0.1) is 0 Å². The van der Waals surface area contributed by atoms with Crippen molar-refractivity contribution in [3.05, 3.63) is 0 Å². The van der Waals surface area contributed by atoms with E-state index in [-0.39, 0.29) is 11.8 Å². The van der Waals surface area contributed by atoms with E-state index >= 15 is 0 Å². The molecule has 0 fully saturated rings. The molecule has 0 aliphatic heterocycles. The fourth-order valence-electron chi connectivity index (χ4n) is 2.21. The van der Waals surface area contributed by atoms with Crippen LogP contribution in [-0.4, -0.2) is 77.1 Å². The summed E-state index contributed by atoms with van der Waals surface area (Å²) >= 11 is 0. The van der Waals surface area contributed by atoms with E-state index in [4.69, 9.17) is 14.2 Å². The van der Waals surface area contributed by atoms with Gasteiger partial charge in [0.25, 0.3) is 0 Å². The van der Waals surface area contributed by atoms with Crippen molar-refractivity contribution in [2.24, 2.45) is 5.92 Å². The van der Waals surface area contributed by atoms with E-state index in [1.165, 1.54) is 0 Å². The van der Waals surface area contributed by atoms with Crippen molar-refractivity contribution in [1.82, 2.24) is 16.0 Å². The molecule has 0 atom stereocenters. The van der Waals surface area contributed by atoms with E-state index in [1.807, 2.05) is 13.8 Å². The molecule has 0 saturated carbocycles. The number of ether oxygens (including phenoxy) is 3. The molecule has 0 heterocycles. The van der Waals surface area contributed by atoms with Crippen molar-refractivity contribution in [2.45, 2.75) is 53.0 Å². The third-order valence-electron chi connectivity index (χ3n) is 3.61. The lowest BCUT2D eigenvalue weighted by molar-refractivity contribution is -0.123. The Morgan fingerprint density at radius 3 is 1.89 bits per heavy atom. The maximum atomic E-state index is 11.6. The molecular formula is C20H41N3O5. The SMILES string of the molecule is CC(C)CC(=O)NCCOCCOCCOCCC(=O)NCCCNC(C)C. The van der Waals surface area contributed by atoms with Crippen LogP contribution < -0.4 is 16.0 Å². The van der Waals surface area contributed by atoms with Gasteiger partial charge < -0.3 is 30.2 Å². The van der Waals surface area contributed by atoms with E-state index in [0.29, 0.717) is 77.5 Å². The second kappa shape index (κ2) is 19.1. The van der Waals surface area contributed by atoms with E-state index in [9.17, 15) is 9.59 Å². The summed E-state index contributed by atoms with van der Waals surface area (Å²) in [5, 5.41) is 8.99. The molecule has 0 radical (unpaired) electrons. The summed E-state index contributed by atoms with van der Waals surface area (Å²) in [7, 11) is 0. The Bertz CT molecular complexity index is 392. The van der Waals surface area contributed by atoms with Crippen molar-refractivity contribution >= 4 is 11.8 Å². The van der Waals surface area contributed by atoms with Gasteiger partial charge in [-0.25, -0.2) is 0 Å². The molecule has 0 aromatic rings. The smallest absolute Gasteiger partial charge is 0.222 e. The van der Waals surface area contributed by atoms with Gasteiger partial charge in [0.2, 0.25) is 11.8 Å². The molecule has 2 amide bonds. The average molecular weight is 404 g/mol. The number of amides is 2. The third-order valence-corrected chi connectivity index (χ3v) is 3.61. The van der Waals surface area contributed by atoms with Crippen LogP contribution in [0.2, 0.25) is 0 Å². The van der Waals surface area contributed by atoms with Crippen LogP contribution in [0.5, 0.6) is 0 Å². The number of hydrogen-bond donors (Lipinski definition) is 3. The van der Waals surface area contributed by atoms with Crippen LogP contribution >= 0.6 is 0 Å². The van der Waals surface area contributed by atoms with E-state index in [1.54, 1.807) is 0 Å². The largest absolute Gasteiger partial charge is 0.379 e. The number of carbonyl (C=O) groups is 2. The molecule has 0 saturated heterocycles. The van der Waals surface area contributed by atoms with Gasteiger partial charge in [-0.3, -0.25) is 9.59 Å². The first kappa shape index (κ1) is 26.8. The maximum absolute atomic E-state index is 11.6. The van der Waals surface area contributed by atoms with Crippen LogP contribution in [0.25, 0.3) is 0 Å². The fraction of sp³-hybridized carbons (Fsp3) is 0.900. The molecule has 3 N–H and O–H groups in total. The summed E-state index contributed by atoms with van der Waals surface area (Å²) in [5.41, 5.74) is 0. The summed E-state index contributed by atoms with van der Waals surface area (Å²) in [6, 6.07) is 0.472. The fourth-order valence-corrected chi connectivity index (χ4v) is 2.21. The molecule has 0 aliphatic rings. The van der Waals surface area contributed by atoms with Gasteiger partial charge in [0, 0.05) is 32.0 Å². The molecule has 0 unspecified atom stereocenters. The first-order valence-electron chi connectivity index (χ1n) is 10.4. The second-order valence-corrected chi connectivity index (χ2v) is 7.35. The number of hydrogen-bond acceptors (Lipinski definition) is 6. The van der Waals surface area contributed by atoms with Gasteiger partial charge in [-0.1, -0.05) is 27.7 Å². The Morgan fingerprint density at radius 1 is 0.714 bits per heavy atom. The van der Waals surface area contributed by atoms with Crippen LogP contribution in [-0.2, 0) is 23.8 Å². The lowest BCUT2D eigenvalue weighted by atomic mass is 10.1. The monoisotopic (exact) mass is 403 g/mol. The minimum Gasteiger partial charge on any atom is -0.379 e. The van der Waals surface area contributed by atoms with Crippen LogP contribution in [0.15, 0.2) is 0 Å². The van der Waals surface area contributed by atoms with E-state index in [2.05, 4.69) is 29.8 Å². The van der Waals surface area contributed by atoms with Gasteiger partial charge in [-0.2, -0.15) is 0 Å². The molecule has 0 aromatic heterocycles. The van der Waals surface area contributed by atoms with Crippen molar-refractivity contribution in [3.8, 4) is 0 Å². The first-order valence-corrected chi connectivity index (χ1v) is 10.4. The predicted octanol–water partition coefficient (Wildman–Crippen LogP) is 1.09. The van der Waals surface area contributed by atoms with Crippen LogP contribution in [0.1, 0.15) is 47.0 Å². The van der Waals surface area contributed by atoms with E-state index in [0.717, 1.165) is 13.0 Å². The first-order chi connectivity index (χ1) is 13.4.